The lowest BCUT2D eigenvalue weighted by molar-refractivity contribution is -0.140. The monoisotopic (exact) mass is 281 g/mol. The first-order valence-corrected chi connectivity index (χ1v) is 6.42. The highest BCUT2D eigenvalue weighted by Gasteiger charge is 2.65. The number of anilines is 1. The molecule has 1 saturated carbocycles. The number of halogens is 1. The van der Waals surface area contributed by atoms with E-state index in [0.29, 0.717) is 10.7 Å². The maximum atomic E-state index is 12.2. The number of carbonyl (C=O) groups is 2. The van der Waals surface area contributed by atoms with Gasteiger partial charge in [-0.15, -0.1) is 0 Å². The molecule has 0 aromatic heterocycles. The summed E-state index contributed by atoms with van der Waals surface area (Å²) in [7, 11) is 0. The Morgan fingerprint density at radius 3 is 2.47 bits per heavy atom. The zero-order valence-corrected chi connectivity index (χ0v) is 11.8. The zero-order chi connectivity index (χ0) is 14.4. The van der Waals surface area contributed by atoms with Crippen LogP contribution in [0.15, 0.2) is 18.2 Å². The molecule has 5 heteroatoms. The summed E-state index contributed by atoms with van der Waals surface area (Å²) in [6.45, 7) is 5.44. The second kappa shape index (κ2) is 4.53. The van der Waals surface area contributed by atoms with Gasteiger partial charge in [0.25, 0.3) is 0 Å². The van der Waals surface area contributed by atoms with Crippen LogP contribution in [0, 0.1) is 24.2 Å². The van der Waals surface area contributed by atoms with Crippen molar-refractivity contribution in [2.24, 2.45) is 17.3 Å². The summed E-state index contributed by atoms with van der Waals surface area (Å²) < 4.78 is 0. The fraction of sp³-hybridized carbons (Fsp3) is 0.429. The molecule has 1 aliphatic rings. The lowest BCUT2D eigenvalue weighted by atomic mass is 10.1. The van der Waals surface area contributed by atoms with Gasteiger partial charge in [0, 0.05) is 10.7 Å². The number of carboxylic acids is 1. The molecule has 2 atom stereocenters. The molecular weight excluding hydrogens is 266 g/mol. The van der Waals surface area contributed by atoms with Crippen LogP contribution in [-0.4, -0.2) is 17.0 Å². The van der Waals surface area contributed by atoms with Crippen molar-refractivity contribution in [2.75, 3.05) is 5.32 Å². The highest BCUT2D eigenvalue weighted by atomic mass is 35.5. The van der Waals surface area contributed by atoms with E-state index in [-0.39, 0.29) is 5.91 Å². The quantitative estimate of drug-likeness (QED) is 0.895. The highest BCUT2D eigenvalue weighted by molar-refractivity contribution is 6.31. The Hall–Kier alpha value is -1.55. The Balaban J connectivity index is 2.15. The summed E-state index contributed by atoms with van der Waals surface area (Å²) in [5, 5.41) is 12.4. The van der Waals surface area contributed by atoms with E-state index < -0.39 is 23.2 Å². The summed E-state index contributed by atoms with van der Waals surface area (Å²) in [5.74, 6) is -2.30. The molecule has 1 aliphatic carbocycles. The van der Waals surface area contributed by atoms with Crippen LogP contribution in [0.4, 0.5) is 5.69 Å². The van der Waals surface area contributed by atoms with Crippen molar-refractivity contribution in [2.45, 2.75) is 20.8 Å². The van der Waals surface area contributed by atoms with Gasteiger partial charge in [-0.25, -0.2) is 0 Å². The van der Waals surface area contributed by atoms with E-state index in [1.165, 1.54) is 0 Å². The lowest BCUT2D eigenvalue weighted by Crippen LogP contribution is -2.18. The van der Waals surface area contributed by atoms with Gasteiger partial charge in [0.05, 0.1) is 11.8 Å². The number of hydrogen-bond acceptors (Lipinski definition) is 2. The number of hydrogen-bond donors (Lipinski definition) is 2. The average molecular weight is 282 g/mol. The highest BCUT2D eigenvalue weighted by Crippen LogP contribution is 2.58. The predicted octanol–water partition coefficient (Wildman–Crippen LogP) is 2.94. The molecule has 1 aromatic carbocycles. The van der Waals surface area contributed by atoms with Gasteiger partial charge in [-0.3, -0.25) is 9.59 Å². The molecule has 1 aromatic rings. The van der Waals surface area contributed by atoms with Crippen LogP contribution < -0.4 is 5.32 Å². The Morgan fingerprint density at radius 1 is 1.32 bits per heavy atom. The molecule has 1 amide bonds. The first kappa shape index (κ1) is 13.9. The number of carboxylic acid groups (broad SMARTS) is 1. The molecule has 0 bridgehead atoms. The standard InChI is InChI=1S/C14H16ClNO3/c1-7-4-5-8(15)6-9(7)16-12(17)10-11(13(18)19)14(10,2)3/h4-6,10-11H,1-3H3,(H,16,17)(H,18,19)/t10-,11+/m1/s1. The summed E-state index contributed by atoms with van der Waals surface area (Å²) in [6, 6.07) is 5.22. The van der Waals surface area contributed by atoms with Crippen molar-refractivity contribution in [3.63, 3.8) is 0 Å². The zero-order valence-electron chi connectivity index (χ0n) is 11.0. The average Bonchev–Trinajstić information content (AvgIpc) is 2.87. The summed E-state index contributed by atoms with van der Waals surface area (Å²) >= 11 is 5.89. The van der Waals surface area contributed by atoms with E-state index in [1.807, 2.05) is 13.0 Å². The van der Waals surface area contributed by atoms with Gasteiger partial charge >= 0.3 is 5.97 Å². The Kier molecular flexibility index (Phi) is 3.31. The fourth-order valence-electron chi connectivity index (χ4n) is 2.53. The van der Waals surface area contributed by atoms with Gasteiger partial charge in [0.15, 0.2) is 0 Å². The topological polar surface area (TPSA) is 66.4 Å². The maximum absolute atomic E-state index is 12.2. The molecule has 19 heavy (non-hydrogen) atoms. The Labute approximate surface area is 116 Å². The van der Waals surface area contributed by atoms with E-state index in [1.54, 1.807) is 26.0 Å². The van der Waals surface area contributed by atoms with Crippen LogP contribution in [0.25, 0.3) is 0 Å². The van der Waals surface area contributed by atoms with Crippen LogP contribution in [0.2, 0.25) is 5.02 Å². The van der Waals surface area contributed by atoms with Crippen molar-refractivity contribution < 1.29 is 14.7 Å². The lowest BCUT2D eigenvalue weighted by Gasteiger charge is -2.09. The van der Waals surface area contributed by atoms with Gasteiger partial charge < -0.3 is 10.4 Å². The normalized spacial score (nSPS) is 23.8. The molecule has 0 unspecified atom stereocenters. The third kappa shape index (κ3) is 2.45. The summed E-state index contributed by atoms with van der Waals surface area (Å²) in [4.78, 5) is 23.2. The molecule has 0 aliphatic heterocycles. The smallest absolute Gasteiger partial charge is 0.307 e. The molecule has 4 nitrogen and oxygen atoms in total. The molecule has 2 N–H and O–H groups in total. The van der Waals surface area contributed by atoms with Crippen LogP contribution in [0.1, 0.15) is 19.4 Å². The van der Waals surface area contributed by atoms with Gasteiger partial charge in [-0.05, 0) is 30.0 Å². The maximum Gasteiger partial charge on any atom is 0.307 e. The second-order valence-corrected chi connectivity index (χ2v) is 6.00. The SMILES string of the molecule is Cc1ccc(Cl)cc1NC(=O)[C@H]1[C@@H](C(=O)O)C1(C)C. The van der Waals surface area contributed by atoms with E-state index in [2.05, 4.69) is 5.32 Å². The van der Waals surface area contributed by atoms with E-state index in [4.69, 9.17) is 16.7 Å². The minimum Gasteiger partial charge on any atom is -0.481 e. The third-order valence-corrected chi connectivity index (χ3v) is 4.07. The van der Waals surface area contributed by atoms with Crippen molar-refractivity contribution in [3.8, 4) is 0 Å². The number of amides is 1. The molecule has 1 fully saturated rings. The van der Waals surface area contributed by atoms with Gasteiger partial charge in [-0.2, -0.15) is 0 Å². The minimum atomic E-state index is -0.923. The number of rotatable bonds is 3. The largest absolute Gasteiger partial charge is 0.481 e. The van der Waals surface area contributed by atoms with Crippen LogP contribution in [-0.2, 0) is 9.59 Å². The van der Waals surface area contributed by atoms with Crippen molar-refractivity contribution >= 4 is 29.2 Å². The summed E-state index contributed by atoms with van der Waals surface area (Å²) in [5.41, 5.74) is 1.02. The number of nitrogens with one attached hydrogen (secondary N) is 1. The van der Waals surface area contributed by atoms with E-state index >= 15 is 0 Å². The number of aliphatic carboxylic acids is 1. The predicted molar refractivity (Wildman–Crippen MR) is 73.2 cm³/mol. The Morgan fingerprint density at radius 2 is 1.95 bits per heavy atom. The number of benzene rings is 1. The molecule has 0 radical (unpaired) electrons. The first-order chi connectivity index (χ1) is 8.75. The molecule has 0 saturated heterocycles. The molecule has 0 spiro atoms. The van der Waals surface area contributed by atoms with Crippen molar-refractivity contribution in [1.82, 2.24) is 0 Å². The third-order valence-electron chi connectivity index (χ3n) is 3.83. The first-order valence-electron chi connectivity index (χ1n) is 6.05. The van der Waals surface area contributed by atoms with Crippen LogP contribution in [0.3, 0.4) is 0 Å². The molecule has 2 rings (SSSR count). The van der Waals surface area contributed by atoms with Crippen LogP contribution in [0.5, 0.6) is 0 Å². The summed E-state index contributed by atoms with van der Waals surface area (Å²) in [6.07, 6.45) is 0. The Bertz CT molecular complexity index is 554. The van der Waals surface area contributed by atoms with Gasteiger partial charge in [0.1, 0.15) is 0 Å². The minimum absolute atomic E-state index is 0.261. The molecule has 102 valence electrons. The molecular formula is C14H16ClNO3. The van der Waals surface area contributed by atoms with Gasteiger partial charge in [0.2, 0.25) is 5.91 Å². The second-order valence-electron chi connectivity index (χ2n) is 5.56. The van der Waals surface area contributed by atoms with Crippen LogP contribution >= 0.6 is 11.6 Å². The van der Waals surface area contributed by atoms with Crippen molar-refractivity contribution in [3.05, 3.63) is 28.8 Å². The van der Waals surface area contributed by atoms with E-state index in [0.717, 1.165) is 5.56 Å². The fourth-order valence-corrected chi connectivity index (χ4v) is 2.70. The van der Waals surface area contributed by atoms with Gasteiger partial charge in [-0.1, -0.05) is 31.5 Å². The molecule has 0 heterocycles. The van der Waals surface area contributed by atoms with Crippen molar-refractivity contribution in [1.29, 1.82) is 0 Å². The number of carbonyl (C=O) groups excluding carboxylic acids is 1. The van der Waals surface area contributed by atoms with E-state index in [9.17, 15) is 9.59 Å². The number of aryl methyl sites for hydroxylation is 1.